The van der Waals surface area contributed by atoms with E-state index in [2.05, 4.69) is 46.3 Å². The van der Waals surface area contributed by atoms with Gasteiger partial charge in [0.25, 0.3) is 5.91 Å². The summed E-state index contributed by atoms with van der Waals surface area (Å²) in [5.74, 6) is -0.000282. The third-order valence-corrected chi connectivity index (χ3v) is 27.5. The lowest BCUT2D eigenvalue weighted by molar-refractivity contribution is -0.117. The van der Waals surface area contributed by atoms with Crippen molar-refractivity contribution in [2.24, 2.45) is 23.2 Å². The zero-order valence-electron chi connectivity index (χ0n) is 51.4. The Kier molecular flexibility index (Phi) is 20.4. The number of nitrogens with zero attached hydrogens (tertiary/aromatic N) is 4. The third-order valence-electron chi connectivity index (χ3n) is 17.4. The van der Waals surface area contributed by atoms with Crippen molar-refractivity contribution in [3.05, 3.63) is 142 Å². The van der Waals surface area contributed by atoms with Gasteiger partial charge in [0, 0.05) is 18.5 Å². The van der Waals surface area contributed by atoms with Crippen LogP contribution in [0.3, 0.4) is 0 Å². The van der Waals surface area contributed by atoms with Gasteiger partial charge >= 0.3 is 6.03 Å². The fourth-order valence-electron chi connectivity index (χ4n) is 12.6. The molecule has 6 aromatic rings. The quantitative estimate of drug-likeness (QED) is 0.0502. The second-order valence-corrected chi connectivity index (χ2v) is 34.7. The summed E-state index contributed by atoms with van der Waals surface area (Å²) in [4.78, 5) is 40.2. The number of carbonyl (C=O) groups excluding carboxylic acids is 3. The molecule has 3 amide bonds. The molecule has 0 aliphatic heterocycles. The fraction of sp³-hybridized carbons (Fsp3) is 0.492. The van der Waals surface area contributed by atoms with Crippen LogP contribution in [0.2, 0.25) is 0 Å². The van der Waals surface area contributed by atoms with Crippen molar-refractivity contribution in [2.45, 2.75) is 200 Å². The van der Waals surface area contributed by atoms with Crippen LogP contribution in [0.25, 0.3) is 0 Å². The van der Waals surface area contributed by atoms with Crippen LogP contribution in [-0.4, -0.2) is 65.8 Å². The number of amides is 3. The molecule has 0 bridgehead atoms. The number of aryl methyl sites for hydroxylation is 6. The van der Waals surface area contributed by atoms with Crippen LogP contribution < -0.4 is 15.2 Å². The molecule has 12 rings (SSSR count). The molecule has 468 valence electrons. The molecular formula is C65H83N7O9S6. The van der Waals surface area contributed by atoms with E-state index in [0.717, 1.165) is 114 Å². The second-order valence-electron chi connectivity index (χ2n) is 24.7. The maximum absolute atomic E-state index is 13.5. The van der Waals surface area contributed by atoms with E-state index >= 15 is 0 Å². The van der Waals surface area contributed by atoms with E-state index in [-0.39, 0.29) is 18.1 Å². The topological polar surface area (TPSA) is 263 Å². The first kappa shape index (κ1) is 66.4. The highest BCUT2D eigenvalue weighted by Gasteiger charge is 2.30. The van der Waals surface area contributed by atoms with E-state index in [1.165, 1.54) is 133 Å². The number of fused-ring (bicyclic) bond motifs is 6. The highest BCUT2D eigenvalue weighted by molar-refractivity contribution is 7.96. The van der Waals surface area contributed by atoms with E-state index in [4.69, 9.17) is 5.14 Å². The Morgan fingerprint density at radius 2 is 0.954 bits per heavy atom. The Labute approximate surface area is 526 Å². The molecular weight excluding hydrogens is 1220 g/mol. The van der Waals surface area contributed by atoms with Gasteiger partial charge in [-0.2, -0.15) is 9.36 Å². The van der Waals surface area contributed by atoms with Gasteiger partial charge in [0.05, 0.1) is 38.6 Å². The number of isocyanates is 1. The van der Waals surface area contributed by atoms with Crippen LogP contribution in [0.15, 0.2) is 83.2 Å². The molecule has 3 aromatic heterocycles. The Balaban J connectivity index is 0.000000145. The van der Waals surface area contributed by atoms with E-state index in [1.807, 2.05) is 5.38 Å². The highest BCUT2D eigenvalue weighted by Crippen LogP contribution is 2.42. The number of aliphatic hydroxyl groups is 3. The molecule has 22 heteroatoms. The lowest BCUT2D eigenvalue weighted by atomic mass is 9.92. The van der Waals surface area contributed by atoms with Gasteiger partial charge in [-0.3, -0.25) is 4.79 Å². The number of nitrogens with one attached hydrogen (secondary N) is 2. The number of carbonyl (C=O) groups is 2. The first-order valence-electron chi connectivity index (χ1n) is 30.1. The van der Waals surface area contributed by atoms with Gasteiger partial charge in [-0.25, -0.2) is 36.4 Å². The maximum Gasteiger partial charge on any atom is 0.354 e. The third kappa shape index (κ3) is 14.9. The van der Waals surface area contributed by atoms with Gasteiger partial charge < -0.3 is 20.6 Å². The zero-order chi connectivity index (χ0) is 62.9. The number of hydrogen-bond donors (Lipinski definition) is 6. The highest BCUT2D eigenvalue weighted by atomic mass is 32.2. The summed E-state index contributed by atoms with van der Waals surface area (Å²) in [6.45, 7) is 11.9. The standard InChI is InChI=1S/C23H29NO3S2.C21H27N3O3S2.C13H13NO.C8H14N2O2S2/c1-4-29(27,22-12-17(14-28-22)23(2,3)26)24-21(25)13-20-18-9-5-7-15(18)11-16-8-6-10-19(16)20;1-21(2,26)15-11-18(28-12-15)29(27,22-3)24-20(25)23-19-16-8-4-6-13(16)10-14-7-5-9-17(14)19;15-8-14-13-11-5-1-3-9(11)7-10-4-2-6-12(10)13;1-8(2,11)6-4-7(13-5-6)14(9,12)10-3/h11-12,14,26H,4-10,13H2,1-3H3;10-12,26H,4-9H2,1-3H3,(H2,22,23,24,25,27);7H,1-6H2;4-5,11H,1-3H3,(H2,9,10,12). The van der Waals surface area contributed by atoms with Crippen molar-refractivity contribution in [3.63, 3.8) is 0 Å². The summed E-state index contributed by atoms with van der Waals surface area (Å²) in [5, 5.41) is 43.8. The molecule has 6 aliphatic rings. The first-order valence-corrected chi connectivity index (χ1v) is 37.5. The molecule has 16 nitrogen and oxygen atoms in total. The molecule has 0 spiro atoms. The predicted molar refractivity (Wildman–Crippen MR) is 352 cm³/mol. The molecule has 0 saturated carbocycles. The summed E-state index contributed by atoms with van der Waals surface area (Å²) in [7, 11) is -5.74. The van der Waals surface area contributed by atoms with Gasteiger partial charge in [-0.1, -0.05) is 25.1 Å². The molecule has 3 aromatic carbocycles. The van der Waals surface area contributed by atoms with E-state index in [0.29, 0.717) is 29.3 Å². The predicted octanol–water partition coefficient (Wildman–Crippen LogP) is 12.7. The monoisotopic (exact) mass is 1300 g/mol. The Morgan fingerprint density at radius 3 is 1.36 bits per heavy atom. The molecule has 0 fully saturated rings. The number of urea groups is 1. The summed E-state index contributed by atoms with van der Waals surface area (Å²) < 4.78 is 54.6. The summed E-state index contributed by atoms with van der Waals surface area (Å²) in [5.41, 5.74) is 18.2. The average Bonchev–Trinajstić information content (AvgIpc) is 1.87. The van der Waals surface area contributed by atoms with Gasteiger partial charge in [-0.15, -0.1) is 38.4 Å². The summed E-state index contributed by atoms with van der Waals surface area (Å²) >= 11 is 3.79. The van der Waals surface area contributed by atoms with Crippen molar-refractivity contribution in [2.75, 3.05) is 25.2 Å². The summed E-state index contributed by atoms with van der Waals surface area (Å²) in [6, 6.07) is 11.4. The maximum atomic E-state index is 13.5. The van der Waals surface area contributed by atoms with Gasteiger partial charge in [-0.05, 0) is 288 Å². The van der Waals surface area contributed by atoms with Gasteiger partial charge in [0.2, 0.25) is 6.08 Å². The number of nitrogens with two attached hydrogens (primary N) is 1. The minimum absolute atomic E-state index is 0.256. The zero-order valence-corrected chi connectivity index (χ0v) is 56.3. The number of benzene rings is 3. The number of aliphatic imine (C=N–C) groups is 1. The lowest BCUT2D eigenvalue weighted by Gasteiger charge is -2.15. The van der Waals surface area contributed by atoms with Crippen molar-refractivity contribution in [3.8, 4) is 0 Å². The fourth-order valence-corrected chi connectivity index (χ4v) is 20.8. The molecule has 7 N–H and O–H groups in total. The van der Waals surface area contributed by atoms with Crippen LogP contribution in [-0.2, 0) is 139 Å². The van der Waals surface area contributed by atoms with Crippen molar-refractivity contribution in [1.82, 2.24) is 4.72 Å². The molecule has 3 heterocycles. The van der Waals surface area contributed by atoms with Crippen LogP contribution >= 0.6 is 34.0 Å². The average molecular weight is 1300 g/mol. The Bertz CT molecular complexity index is 3810. The number of anilines is 1. The van der Waals surface area contributed by atoms with Gasteiger partial charge in [0.15, 0.2) is 9.92 Å². The SMILES string of the molecule is CCS(=O)(=NC(=O)Cc1c2c(cc3c1CCC3)CCC2)c1cc(C(C)(C)O)cs1.CN=S(N)(=O)c1cc(C(C)(C)O)cs1.CNS(=O)(=NC(=O)Nc1c2c(cc3c1CCC3)CCC2)c1cc(C(C)(C)O)cs1.O=C=Nc1c2c(cc3c1CCC3)CCC2. The number of hydrogen-bond acceptors (Lipinski definition) is 14. The Morgan fingerprint density at radius 1 is 0.575 bits per heavy atom. The Hall–Kier alpha value is -5.07. The molecule has 0 saturated heterocycles. The molecule has 0 radical (unpaired) electrons. The summed E-state index contributed by atoms with van der Waals surface area (Å²) in [6.07, 6.45) is 21.7. The van der Waals surface area contributed by atoms with Crippen LogP contribution in [0.1, 0.15) is 176 Å². The smallest absolute Gasteiger partial charge is 0.354 e. The van der Waals surface area contributed by atoms with Crippen LogP contribution in [0, 0.1) is 0 Å². The van der Waals surface area contributed by atoms with Crippen LogP contribution in [0.5, 0.6) is 0 Å². The lowest BCUT2D eigenvalue weighted by Crippen LogP contribution is -2.22. The van der Waals surface area contributed by atoms with E-state index < -0.39 is 52.4 Å². The van der Waals surface area contributed by atoms with E-state index in [1.54, 1.807) is 83.5 Å². The number of rotatable bonds is 12. The molecule has 3 unspecified atom stereocenters. The largest absolute Gasteiger partial charge is 0.386 e. The van der Waals surface area contributed by atoms with Gasteiger partial charge in [0.1, 0.15) is 22.5 Å². The molecule has 87 heavy (non-hydrogen) atoms. The normalized spacial score (nSPS) is 17.3. The first-order chi connectivity index (χ1) is 41.1. The van der Waals surface area contributed by atoms with Crippen molar-refractivity contribution >= 4 is 93.0 Å². The number of thiophene rings is 3. The minimum atomic E-state index is -3.12. The molecule has 3 atom stereocenters. The van der Waals surface area contributed by atoms with Crippen molar-refractivity contribution < 1.29 is 42.3 Å². The van der Waals surface area contributed by atoms with Crippen molar-refractivity contribution in [1.29, 1.82) is 0 Å². The molecule has 6 aliphatic carbocycles. The second kappa shape index (κ2) is 26.8. The van der Waals surface area contributed by atoms with E-state index in [9.17, 15) is 42.3 Å². The minimum Gasteiger partial charge on any atom is -0.386 e. The van der Waals surface area contributed by atoms with Crippen LogP contribution in [0.4, 0.5) is 16.2 Å².